The lowest BCUT2D eigenvalue weighted by atomic mass is 9.90. The molecule has 28 heavy (non-hydrogen) atoms. The number of allylic oxidation sites excluding steroid dienone is 2. The van der Waals surface area contributed by atoms with Crippen LogP contribution in [0.2, 0.25) is 0 Å². The van der Waals surface area contributed by atoms with Gasteiger partial charge < -0.3 is 24.8 Å². The smallest absolute Gasteiger partial charge is 0.329 e. The van der Waals surface area contributed by atoms with Crippen LogP contribution in [0.25, 0.3) is 0 Å². The van der Waals surface area contributed by atoms with Crippen LogP contribution < -0.4 is 4.74 Å². The van der Waals surface area contributed by atoms with E-state index in [1.165, 1.54) is 11.3 Å². The van der Waals surface area contributed by atoms with Gasteiger partial charge in [-0.2, -0.15) is 0 Å². The van der Waals surface area contributed by atoms with Crippen LogP contribution in [-0.2, 0) is 9.53 Å². The average Bonchev–Trinajstić information content (AvgIpc) is 3.16. The Bertz CT molecular complexity index is 667. The highest BCUT2D eigenvalue weighted by atomic mass is 79.9. The molecule has 4 atom stereocenters. The number of carbonyl (C=O) groups is 1. The molecule has 0 aromatic carbocycles. The molecule has 0 spiro atoms. The van der Waals surface area contributed by atoms with Crippen molar-refractivity contribution in [2.75, 3.05) is 19.8 Å². The molecule has 1 aromatic heterocycles. The van der Waals surface area contributed by atoms with Gasteiger partial charge in [0.2, 0.25) is 0 Å². The number of carboxylic acids is 1. The van der Waals surface area contributed by atoms with Crippen LogP contribution in [0.1, 0.15) is 24.1 Å². The van der Waals surface area contributed by atoms with E-state index in [1.807, 2.05) is 25.1 Å². The van der Waals surface area contributed by atoms with E-state index in [9.17, 15) is 15.0 Å². The lowest BCUT2D eigenvalue weighted by Crippen LogP contribution is -2.19. The van der Waals surface area contributed by atoms with Crippen molar-refractivity contribution >= 4 is 33.2 Å². The monoisotopic (exact) mass is 474 g/mol. The summed E-state index contributed by atoms with van der Waals surface area (Å²) in [4.78, 5) is 11.5. The first-order valence-electron chi connectivity index (χ1n) is 9.24. The van der Waals surface area contributed by atoms with Crippen LogP contribution in [0, 0.1) is 18.8 Å². The molecule has 1 aromatic rings. The Balaban J connectivity index is 1.76. The number of aliphatic carboxylic acids is 1. The maximum Gasteiger partial charge on any atom is 0.329 e. The number of hydrogen-bond acceptors (Lipinski definition) is 6. The van der Waals surface area contributed by atoms with Crippen molar-refractivity contribution in [3.8, 4) is 5.06 Å². The summed E-state index contributed by atoms with van der Waals surface area (Å²) >= 11 is 4.97. The van der Waals surface area contributed by atoms with Gasteiger partial charge in [-0.15, -0.1) is 11.3 Å². The molecule has 2 rings (SSSR count). The van der Waals surface area contributed by atoms with Gasteiger partial charge >= 0.3 is 5.97 Å². The molecule has 156 valence electrons. The summed E-state index contributed by atoms with van der Waals surface area (Å²) in [6.07, 6.45) is 8.61. The van der Waals surface area contributed by atoms with E-state index in [0.29, 0.717) is 6.42 Å². The van der Waals surface area contributed by atoms with Gasteiger partial charge in [0.25, 0.3) is 0 Å². The normalized spacial score (nSPS) is 23.6. The minimum absolute atomic E-state index is 0.0796. The topological polar surface area (TPSA) is 96.2 Å². The lowest BCUT2D eigenvalue weighted by molar-refractivity contribution is -0.141. The zero-order valence-corrected chi connectivity index (χ0v) is 18.2. The van der Waals surface area contributed by atoms with Gasteiger partial charge in [-0.1, -0.05) is 24.3 Å². The first-order valence-corrected chi connectivity index (χ1v) is 10.9. The predicted molar refractivity (Wildman–Crippen MR) is 112 cm³/mol. The van der Waals surface area contributed by atoms with Crippen molar-refractivity contribution in [2.24, 2.45) is 11.8 Å². The molecule has 6 nitrogen and oxygen atoms in total. The Kier molecular flexibility index (Phi) is 9.67. The number of halogens is 1. The highest BCUT2D eigenvalue weighted by Crippen LogP contribution is 2.36. The molecule has 1 aliphatic rings. The largest absolute Gasteiger partial charge is 0.481 e. The third kappa shape index (κ3) is 7.67. The molecule has 0 saturated heterocycles. The van der Waals surface area contributed by atoms with Gasteiger partial charge in [0.15, 0.2) is 5.06 Å². The summed E-state index contributed by atoms with van der Waals surface area (Å²) in [7, 11) is 0. The van der Waals surface area contributed by atoms with E-state index < -0.39 is 12.1 Å². The van der Waals surface area contributed by atoms with Crippen molar-refractivity contribution in [3.63, 3.8) is 0 Å². The van der Waals surface area contributed by atoms with Gasteiger partial charge in [-0.05, 0) is 54.0 Å². The summed E-state index contributed by atoms with van der Waals surface area (Å²) in [6, 6.07) is 1.90. The van der Waals surface area contributed by atoms with E-state index in [-0.39, 0.29) is 37.8 Å². The number of aryl methyl sites for hydroxylation is 1. The number of thiophene rings is 1. The molecule has 0 aliphatic heterocycles. The fourth-order valence-electron chi connectivity index (χ4n) is 3.18. The van der Waals surface area contributed by atoms with E-state index in [0.717, 1.165) is 27.3 Å². The predicted octanol–water partition coefficient (Wildman–Crippen LogP) is 3.55. The van der Waals surface area contributed by atoms with Crippen LogP contribution in [0.3, 0.4) is 0 Å². The van der Waals surface area contributed by atoms with Crippen molar-refractivity contribution < 1.29 is 29.6 Å². The van der Waals surface area contributed by atoms with E-state index in [2.05, 4.69) is 15.9 Å². The van der Waals surface area contributed by atoms with E-state index in [1.54, 1.807) is 12.2 Å². The summed E-state index contributed by atoms with van der Waals surface area (Å²) < 4.78 is 11.6. The summed E-state index contributed by atoms with van der Waals surface area (Å²) in [5, 5.41) is 29.6. The number of aliphatic hydroxyl groups excluding tert-OH is 2. The van der Waals surface area contributed by atoms with Gasteiger partial charge in [0.05, 0.1) is 12.7 Å². The first-order chi connectivity index (χ1) is 13.4. The third-order valence-corrected chi connectivity index (χ3v) is 6.71. The third-order valence-electron chi connectivity index (χ3n) is 4.67. The number of carboxylic acid groups (broad SMARTS) is 1. The fourth-order valence-corrected chi connectivity index (χ4v) is 4.55. The zero-order valence-electron chi connectivity index (χ0n) is 15.8. The molecule has 3 N–H and O–H groups in total. The van der Waals surface area contributed by atoms with Crippen LogP contribution in [0.4, 0.5) is 0 Å². The second-order valence-electron chi connectivity index (χ2n) is 6.82. The van der Waals surface area contributed by atoms with Crippen LogP contribution in [0.5, 0.6) is 5.06 Å². The van der Waals surface area contributed by atoms with E-state index >= 15 is 0 Å². The molecule has 0 bridgehead atoms. The van der Waals surface area contributed by atoms with Crippen LogP contribution >= 0.6 is 27.3 Å². The number of rotatable bonds is 11. The first kappa shape index (κ1) is 23.1. The molecule has 1 aliphatic carbocycles. The molecule has 1 fully saturated rings. The number of ether oxygens (including phenoxy) is 2. The van der Waals surface area contributed by atoms with Gasteiger partial charge in [0.1, 0.15) is 19.3 Å². The SMILES string of the molecule is Cc1sc(OC[C@H](O)/C=C/[C@H]2CCC(O)[C@@H]2C/C=C\COCC(=O)O)cc1Br. The number of hydrogen-bond donors (Lipinski definition) is 3. The van der Waals surface area contributed by atoms with Gasteiger partial charge in [0, 0.05) is 15.4 Å². The molecule has 0 amide bonds. The Morgan fingerprint density at radius 1 is 1.43 bits per heavy atom. The summed E-state index contributed by atoms with van der Waals surface area (Å²) in [5.74, 6) is -0.724. The molecule has 0 radical (unpaired) electrons. The Labute approximate surface area is 177 Å². The highest BCUT2D eigenvalue weighted by Gasteiger charge is 2.32. The van der Waals surface area contributed by atoms with Crippen LogP contribution in [0.15, 0.2) is 34.8 Å². The maximum atomic E-state index is 10.4. The Morgan fingerprint density at radius 2 is 2.21 bits per heavy atom. The standard InChI is InChI=1S/C20H27BrO6S/c1-13-17(21)10-20(28-13)27-11-15(22)7-5-14-6-8-18(23)16(14)4-2-3-9-26-12-19(24)25/h2-3,5,7,10,14-16,18,22-23H,4,6,8-9,11-12H2,1H3,(H,24,25)/b3-2-,7-5+/t14-,15+,16+,18?/m0/s1. The summed E-state index contributed by atoms with van der Waals surface area (Å²) in [5.41, 5.74) is 0. The average molecular weight is 475 g/mol. The molecule has 1 unspecified atom stereocenters. The van der Waals surface area contributed by atoms with Crippen molar-refractivity contribution in [2.45, 2.75) is 38.4 Å². The zero-order chi connectivity index (χ0) is 20.5. The Hall–Kier alpha value is -1.19. The van der Waals surface area contributed by atoms with Crippen molar-refractivity contribution in [1.82, 2.24) is 0 Å². The van der Waals surface area contributed by atoms with Gasteiger partial charge in [-0.25, -0.2) is 4.79 Å². The highest BCUT2D eigenvalue weighted by molar-refractivity contribution is 9.10. The quantitative estimate of drug-likeness (QED) is 0.335. The van der Waals surface area contributed by atoms with Crippen molar-refractivity contribution in [3.05, 3.63) is 39.7 Å². The van der Waals surface area contributed by atoms with Crippen molar-refractivity contribution in [1.29, 1.82) is 0 Å². The van der Waals surface area contributed by atoms with Gasteiger partial charge in [-0.3, -0.25) is 0 Å². The maximum absolute atomic E-state index is 10.4. The minimum Gasteiger partial charge on any atom is -0.481 e. The molecule has 8 heteroatoms. The minimum atomic E-state index is -0.991. The lowest BCUT2D eigenvalue weighted by Gasteiger charge is -2.18. The molecular weight excluding hydrogens is 448 g/mol. The molecule has 1 heterocycles. The van der Waals surface area contributed by atoms with Crippen LogP contribution in [-0.4, -0.2) is 53.3 Å². The number of aliphatic hydroxyl groups is 2. The second kappa shape index (κ2) is 11.7. The molecular formula is C20H27BrO6S. The second-order valence-corrected chi connectivity index (χ2v) is 8.89. The van der Waals surface area contributed by atoms with E-state index in [4.69, 9.17) is 14.6 Å². The molecule has 1 saturated carbocycles. The Morgan fingerprint density at radius 3 is 2.89 bits per heavy atom. The summed E-state index contributed by atoms with van der Waals surface area (Å²) in [6.45, 7) is 2.10. The fraction of sp³-hybridized carbons (Fsp3) is 0.550.